The lowest BCUT2D eigenvalue weighted by molar-refractivity contribution is 0.00941. The lowest BCUT2D eigenvalue weighted by atomic mass is 9.75. The topological polar surface area (TPSA) is 58.7 Å². The fourth-order valence-electron chi connectivity index (χ4n) is 3.31. The lowest BCUT2D eigenvalue weighted by Crippen LogP contribution is -2.57. The van der Waals surface area contributed by atoms with E-state index in [2.05, 4.69) is 18.7 Å². The quantitative estimate of drug-likeness (QED) is 0.643. The molecule has 0 radical (unpaired) electrons. The summed E-state index contributed by atoms with van der Waals surface area (Å²) in [4.78, 5) is 2.49. The Morgan fingerprint density at radius 1 is 1.44 bits per heavy atom. The monoisotopic (exact) mass is 258 g/mol. The molecule has 1 saturated carbocycles. The van der Waals surface area contributed by atoms with E-state index in [0.29, 0.717) is 13.2 Å². The molecule has 1 fully saturated rings. The second-order valence-corrected chi connectivity index (χ2v) is 5.55. The van der Waals surface area contributed by atoms with Gasteiger partial charge in [-0.1, -0.05) is 26.7 Å². The van der Waals surface area contributed by atoms with Crippen molar-refractivity contribution in [1.82, 2.24) is 4.90 Å². The molecule has 1 rings (SSSR count). The lowest BCUT2D eigenvalue weighted by Gasteiger charge is -2.47. The molecule has 0 aromatic rings. The first-order valence-electron chi connectivity index (χ1n) is 7.32. The van der Waals surface area contributed by atoms with Crippen molar-refractivity contribution >= 4 is 0 Å². The fraction of sp³-hybridized carbons (Fsp3) is 1.00. The van der Waals surface area contributed by atoms with Gasteiger partial charge in [0.1, 0.15) is 0 Å². The molecule has 0 saturated heterocycles. The number of likely N-dealkylation sites (N-methyl/N-ethyl adjacent to an activating group) is 1. The van der Waals surface area contributed by atoms with Gasteiger partial charge in [0.25, 0.3) is 0 Å². The number of aliphatic hydroxyl groups excluding tert-OH is 1. The third-order valence-corrected chi connectivity index (χ3v) is 4.24. The van der Waals surface area contributed by atoms with Crippen LogP contribution in [0.2, 0.25) is 0 Å². The highest BCUT2D eigenvalue weighted by Crippen LogP contribution is 2.36. The van der Waals surface area contributed by atoms with E-state index in [1.807, 2.05) is 0 Å². The van der Waals surface area contributed by atoms with E-state index in [9.17, 15) is 0 Å². The van der Waals surface area contributed by atoms with Gasteiger partial charge in [-0.2, -0.15) is 0 Å². The molecule has 3 N–H and O–H groups in total. The molecular formula is C14H30N2O2. The Kier molecular flexibility index (Phi) is 7.15. The smallest absolute Gasteiger partial charge is 0.0698 e. The van der Waals surface area contributed by atoms with Crippen molar-refractivity contribution in [3.05, 3.63) is 0 Å². The van der Waals surface area contributed by atoms with Crippen LogP contribution in [-0.4, -0.2) is 55.0 Å². The molecule has 0 spiro atoms. The summed E-state index contributed by atoms with van der Waals surface area (Å²) in [5.41, 5.74) is 6.26. The maximum atomic E-state index is 8.71. The van der Waals surface area contributed by atoms with Crippen LogP contribution in [-0.2, 0) is 4.74 Å². The van der Waals surface area contributed by atoms with Gasteiger partial charge in [-0.05, 0) is 25.3 Å². The zero-order valence-corrected chi connectivity index (χ0v) is 12.0. The van der Waals surface area contributed by atoms with Crippen molar-refractivity contribution in [2.75, 3.05) is 39.5 Å². The number of aliphatic hydroxyl groups is 1. The minimum Gasteiger partial charge on any atom is -0.394 e. The Morgan fingerprint density at radius 2 is 2.22 bits per heavy atom. The Bertz CT molecular complexity index is 226. The summed E-state index contributed by atoms with van der Waals surface area (Å²) < 4.78 is 5.39. The molecule has 0 aromatic heterocycles. The Labute approximate surface area is 111 Å². The van der Waals surface area contributed by atoms with Crippen LogP contribution in [0.3, 0.4) is 0 Å². The van der Waals surface area contributed by atoms with Gasteiger partial charge in [-0.3, -0.25) is 4.90 Å². The van der Waals surface area contributed by atoms with Gasteiger partial charge in [0.2, 0.25) is 0 Å². The summed E-state index contributed by atoms with van der Waals surface area (Å²) >= 11 is 0. The van der Waals surface area contributed by atoms with E-state index >= 15 is 0 Å². The maximum Gasteiger partial charge on any atom is 0.0698 e. The van der Waals surface area contributed by atoms with Crippen LogP contribution in [0.25, 0.3) is 0 Å². The summed E-state index contributed by atoms with van der Waals surface area (Å²) in [5.74, 6) is 0.773. The average molecular weight is 258 g/mol. The first kappa shape index (κ1) is 15.9. The second kappa shape index (κ2) is 8.10. The SMILES string of the molecule is CCN(CCOCCO)C1(CN)CCCC(C)C1. The zero-order valence-electron chi connectivity index (χ0n) is 12.0. The van der Waals surface area contributed by atoms with Crippen molar-refractivity contribution in [3.8, 4) is 0 Å². The highest BCUT2D eigenvalue weighted by Gasteiger charge is 2.38. The third-order valence-electron chi connectivity index (χ3n) is 4.24. The second-order valence-electron chi connectivity index (χ2n) is 5.55. The molecule has 4 heteroatoms. The molecule has 4 nitrogen and oxygen atoms in total. The van der Waals surface area contributed by atoms with Crippen LogP contribution >= 0.6 is 0 Å². The molecule has 0 amide bonds. The predicted molar refractivity (Wildman–Crippen MR) is 74.6 cm³/mol. The number of ether oxygens (including phenoxy) is 1. The van der Waals surface area contributed by atoms with Gasteiger partial charge >= 0.3 is 0 Å². The standard InChI is InChI=1S/C14H30N2O2/c1-3-16(7-9-18-10-8-17)14(12-15)6-4-5-13(2)11-14/h13,17H,3-12,15H2,1-2H3. The first-order valence-corrected chi connectivity index (χ1v) is 7.32. The molecule has 0 aromatic carbocycles. The fourth-order valence-corrected chi connectivity index (χ4v) is 3.31. The molecule has 18 heavy (non-hydrogen) atoms. The van der Waals surface area contributed by atoms with Crippen molar-refractivity contribution in [2.24, 2.45) is 11.7 Å². The van der Waals surface area contributed by atoms with Crippen molar-refractivity contribution in [1.29, 1.82) is 0 Å². The van der Waals surface area contributed by atoms with Gasteiger partial charge in [-0.25, -0.2) is 0 Å². The van der Waals surface area contributed by atoms with Gasteiger partial charge in [0.05, 0.1) is 19.8 Å². The molecule has 0 bridgehead atoms. The summed E-state index contributed by atoms with van der Waals surface area (Å²) in [5, 5.41) is 8.71. The molecule has 0 heterocycles. The van der Waals surface area contributed by atoms with E-state index in [4.69, 9.17) is 15.6 Å². The Hall–Kier alpha value is -0.160. The van der Waals surface area contributed by atoms with Crippen LogP contribution in [0.15, 0.2) is 0 Å². The van der Waals surface area contributed by atoms with E-state index in [1.54, 1.807) is 0 Å². The van der Waals surface area contributed by atoms with E-state index in [0.717, 1.165) is 25.6 Å². The van der Waals surface area contributed by atoms with Crippen molar-refractivity contribution in [3.63, 3.8) is 0 Å². The number of hydrogen-bond acceptors (Lipinski definition) is 4. The van der Waals surface area contributed by atoms with Gasteiger partial charge in [0.15, 0.2) is 0 Å². The van der Waals surface area contributed by atoms with Gasteiger partial charge in [-0.15, -0.1) is 0 Å². The maximum absolute atomic E-state index is 8.71. The predicted octanol–water partition coefficient (Wildman–Crippen LogP) is 1.22. The number of nitrogens with zero attached hydrogens (tertiary/aromatic N) is 1. The minimum atomic E-state index is 0.102. The molecule has 0 aliphatic heterocycles. The number of nitrogens with two attached hydrogens (primary N) is 1. The Morgan fingerprint density at radius 3 is 2.78 bits per heavy atom. The highest BCUT2D eigenvalue weighted by atomic mass is 16.5. The van der Waals surface area contributed by atoms with Crippen LogP contribution in [0.5, 0.6) is 0 Å². The third kappa shape index (κ3) is 4.19. The molecule has 1 aliphatic rings. The van der Waals surface area contributed by atoms with Crippen molar-refractivity contribution < 1.29 is 9.84 Å². The van der Waals surface area contributed by atoms with Crippen molar-refractivity contribution in [2.45, 2.75) is 45.1 Å². The van der Waals surface area contributed by atoms with E-state index in [1.165, 1.54) is 25.7 Å². The summed E-state index contributed by atoms with van der Waals surface area (Å²) in [6, 6.07) is 0. The molecule has 2 unspecified atom stereocenters. The average Bonchev–Trinajstić information content (AvgIpc) is 2.38. The number of hydrogen-bond donors (Lipinski definition) is 2. The first-order chi connectivity index (χ1) is 8.68. The largest absolute Gasteiger partial charge is 0.394 e. The van der Waals surface area contributed by atoms with Crippen LogP contribution < -0.4 is 5.73 Å². The van der Waals surface area contributed by atoms with Crippen LogP contribution in [0, 0.1) is 5.92 Å². The van der Waals surface area contributed by atoms with Gasteiger partial charge in [0, 0.05) is 18.6 Å². The van der Waals surface area contributed by atoms with E-state index < -0.39 is 0 Å². The Balaban J connectivity index is 2.53. The summed E-state index contributed by atoms with van der Waals surface area (Å²) in [7, 11) is 0. The molecular weight excluding hydrogens is 228 g/mol. The zero-order chi connectivity index (χ0) is 13.4. The highest BCUT2D eigenvalue weighted by molar-refractivity contribution is 4.95. The molecule has 2 atom stereocenters. The van der Waals surface area contributed by atoms with Crippen LogP contribution in [0.1, 0.15) is 39.5 Å². The molecule has 1 aliphatic carbocycles. The normalized spacial score (nSPS) is 28.8. The molecule has 108 valence electrons. The van der Waals surface area contributed by atoms with Gasteiger partial charge < -0.3 is 15.6 Å². The number of rotatable bonds is 8. The van der Waals surface area contributed by atoms with E-state index in [-0.39, 0.29) is 12.1 Å². The summed E-state index contributed by atoms with van der Waals surface area (Å²) in [6.45, 7) is 8.43. The summed E-state index contributed by atoms with van der Waals surface area (Å²) in [6.07, 6.45) is 5.03. The van der Waals surface area contributed by atoms with Crippen LogP contribution in [0.4, 0.5) is 0 Å². The minimum absolute atomic E-state index is 0.102.